The van der Waals surface area contributed by atoms with E-state index in [9.17, 15) is 0 Å². The minimum Gasteiger partial charge on any atom is -0.495 e. The average Bonchev–Trinajstić information content (AvgIpc) is 2.50. The first-order valence-corrected chi connectivity index (χ1v) is 7.27. The Morgan fingerprint density at radius 3 is 2.71 bits per heavy atom. The van der Waals surface area contributed by atoms with E-state index in [1.54, 1.807) is 7.11 Å². The van der Waals surface area contributed by atoms with Gasteiger partial charge in [0.05, 0.1) is 30.1 Å². The summed E-state index contributed by atoms with van der Waals surface area (Å²) in [5.74, 6) is 1.67. The molecule has 0 aliphatic heterocycles. The Morgan fingerprint density at radius 2 is 2.00 bits per heavy atom. The normalized spacial score (nSPS) is 10.3. The van der Waals surface area contributed by atoms with Crippen LogP contribution in [0.25, 0.3) is 0 Å². The second-order valence-electron chi connectivity index (χ2n) is 4.68. The number of anilines is 2. The fourth-order valence-electron chi connectivity index (χ4n) is 2.13. The van der Waals surface area contributed by atoms with Gasteiger partial charge in [-0.3, -0.25) is 0 Å². The number of nitrogens with one attached hydrogen (secondary N) is 1. The fraction of sp³-hybridized carbons (Fsp3) is 0.312. The van der Waals surface area contributed by atoms with E-state index in [2.05, 4.69) is 15.2 Å². The maximum atomic E-state index is 6.25. The molecular formula is C16H20ClN3O. The summed E-state index contributed by atoms with van der Waals surface area (Å²) in [6.07, 6.45) is 0. The highest BCUT2D eigenvalue weighted by atomic mass is 35.5. The number of para-hydroxylation sites is 2. The van der Waals surface area contributed by atoms with Crippen LogP contribution in [0.15, 0.2) is 36.4 Å². The summed E-state index contributed by atoms with van der Waals surface area (Å²) < 4.78 is 5.39. The number of ether oxygens (including phenoxy) is 1. The molecule has 0 aliphatic carbocycles. The van der Waals surface area contributed by atoms with Crippen molar-refractivity contribution in [2.75, 3.05) is 30.9 Å². The van der Waals surface area contributed by atoms with Crippen molar-refractivity contribution in [2.45, 2.75) is 13.5 Å². The van der Waals surface area contributed by atoms with Crippen LogP contribution < -0.4 is 15.0 Å². The molecule has 0 unspecified atom stereocenters. The largest absolute Gasteiger partial charge is 0.495 e. The monoisotopic (exact) mass is 305 g/mol. The van der Waals surface area contributed by atoms with Crippen LogP contribution in [0.2, 0.25) is 5.02 Å². The number of hydrogen-bond acceptors (Lipinski definition) is 4. The molecule has 0 spiro atoms. The molecule has 0 bridgehead atoms. The standard InChI is InChI=1S/C16H20ClN3O/c1-4-18-16-10-9-12(17)13(19-16)11-20(2)14-7-5-6-8-15(14)21-3/h5-10H,4,11H2,1-3H3,(H,18,19). The van der Waals surface area contributed by atoms with Crippen LogP contribution in [0.4, 0.5) is 11.5 Å². The molecule has 1 aromatic heterocycles. The zero-order chi connectivity index (χ0) is 15.2. The molecule has 2 rings (SSSR count). The van der Waals surface area contributed by atoms with Gasteiger partial charge in [0.25, 0.3) is 0 Å². The van der Waals surface area contributed by atoms with E-state index in [-0.39, 0.29) is 0 Å². The van der Waals surface area contributed by atoms with Crippen molar-refractivity contribution >= 4 is 23.1 Å². The zero-order valence-corrected chi connectivity index (χ0v) is 13.3. The molecule has 21 heavy (non-hydrogen) atoms. The van der Waals surface area contributed by atoms with Crippen LogP contribution in [0, 0.1) is 0 Å². The smallest absolute Gasteiger partial charge is 0.142 e. The summed E-state index contributed by atoms with van der Waals surface area (Å²) in [5.41, 5.74) is 1.84. The second kappa shape index (κ2) is 7.18. The summed E-state index contributed by atoms with van der Waals surface area (Å²) in [6.45, 7) is 3.48. The Bertz CT molecular complexity index is 604. The molecule has 0 fully saturated rings. The summed E-state index contributed by atoms with van der Waals surface area (Å²) >= 11 is 6.25. The third-order valence-electron chi connectivity index (χ3n) is 3.16. The van der Waals surface area contributed by atoms with E-state index in [1.807, 2.05) is 50.4 Å². The first kappa shape index (κ1) is 15.4. The van der Waals surface area contributed by atoms with Crippen LogP contribution in [0.1, 0.15) is 12.6 Å². The lowest BCUT2D eigenvalue weighted by molar-refractivity contribution is 0.414. The van der Waals surface area contributed by atoms with Crippen molar-refractivity contribution in [1.29, 1.82) is 0 Å². The van der Waals surface area contributed by atoms with E-state index in [1.165, 1.54) is 0 Å². The van der Waals surface area contributed by atoms with Crippen molar-refractivity contribution in [2.24, 2.45) is 0 Å². The molecule has 4 nitrogen and oxygen atoms in total. The van der Waals surface area contributed by atoms with Crippen LogP contribution in [0.5, 0.6) is 5.75 Å². The fourth-order valence-corrected chi connectivity index (χ4v) is 2.29. The maximum absolute atomic E-state index is 6.25. The average molecular weight is 306 g/mol. The van der Waals surface area contributed by atoms with Gasteiger partial charge in [-0.15, -0.1) is 0 Å². The lowest BCUT2D eigenvalue weighted by Gasteiger charge is -2.22. The van der Waals surface area contributed by atoms with E-state index in [4.69, 9.17) is 16.3 Å². The lowest BCUT2D eigenvalue weighted by atomic mass is 10.2. The van der Waals surface area contributed by atoms with Crippen LogP contribution >= 0.6 is 11.6 Å². The Hall–Kier alpha value is -1.94. The van der Waals surface area contributed by atoms with Crippen LogP contribution in [-0.2, 0) is 6.54 Å². The lowest BCUT2D eigenvalue weighted by Crippen LogP contribution is -2.18. The highest BCUT2D eigenvalue weighted by Gasteiger charge is 2.11. The SMILES string of the molecule is CCNc1ccc(Cl)c(CN(C)c2ccccc2OC)n1. The van der Waals surface area contributed by atoms with Gasteiger partial charge in [0.2, 0.25) is 0 Å². The highest BCUT2D eigenvalue weighted by molar-refractivity contribution is 6.31. The summed E-state index contributed by atoms with van der Waals surface area (Å²) in [4.78, 5) is 6.63. The quantitative estimate of drug-likeness (QED) is 0.880. The number of pyridine rings is 1. The Balaban J connectivity index is 2.22. The Morgan fingerprint density at radius 1 is 1.24 bits per heavy atom. The molecule has 1 N–H and O–H groups in total. The first-order valence-electron chi connectivity index (χ1n) is 6.89. The summed E-state index contributed by atoms with van der Waals surface area (Å²) in [6, 6.07) is 11.7. The zero-order valence-electron chi connectivity index (χ0n) is 12.6. The molecule has 0 radical (unpaired) electrons. The third-order valence-corrected chi connectivity index (χ3v) is 3.50. The molecule has 0 saturated carbocycles. The highest BCUT2D eigenvalue weighted by Crippen LogP contribution is 2.28. The molecule has 0 saturated heterocycles. The van der Waals surface area contributed by atoms with Gasteiger partial charge in [-0.1, -0.05) is 23.7 Å². The van der Waals surface area contributed by atoms with Crippen molar-refractivity contribution in [3.63, 3.8) is 0 Å². The number of rotatable bonds is 6. The topological polar surface area (TPSA) is 37.4 Å². The summed E-state index contributed by atoms with van der Waals surface area (Å²) in [7, 11) is 3.67. The van der Waals surface area contributed by atoms with Gasteiger partial charge in [0.1, 0.15) is 11.6 Å². The van der Waals surface area contributed by atoms with E-state index < -0.39 is 0 Å². The van der Waals surface area contributed by atoms with Crippen LogP contribution in [-0.4, -0.2) is 25.7 Å². The van der Waals surface area contributed by atoms with Gasteiger partial charge < -0.3 is 15.0 Å². The van der Waals surface area contributed by atoms with E-state index in [0.29, 0.717) is 11.6 Å². The molecular weight excluding hydrogens is 286 g/mol. The molecule has 0 aliphatic rings. The van der Waals surface area contributed by atoms with E-state index in [0.717, 1.165) is 29.5 Å². The molecule has 0 amide bonds. The predicted octanol–water partition coefficient (Wildman–Crippen LogP) is 3.81. The Kier molecular flexibility index (Phi) is 5.28. The first-order chi connectivity index (χ1) is 10.2. The second-order valence-corrected chi connectivity index (χ2v) is 5.09. The predicted molar refractivity (Wildman–Crippen MR) is 88.5 cm³/mol. The van der Waals surface area contributed by atoms with Gasteiger partial charge >= 0.3 is 0 Å². The van der Waals surface area contributed by atoms with Gasteiger partial charge in [-0.05, 0) is 31.2 Å². The maximum Gasteiger partial charge on any atom is 0.142 e. The number of halogens is 1. The van der Waals surface area contributed by atoms with Gasteiger partial charge in [-0.2, -0.15) is 0 Å². The third kappa shape index (κ3) is 3.79. The number of hydrogen-bond donors (Lipinski definition) is 1. The molecule has 5 heteroatoms. The minimum absolute atomic E-state index is 0.610. The summed E-state index contributed by atoms with van der Waals surface area (Å²) in [5, 5.41) is 3.86. The molecule has 112 valence electrons. The van der Waals surface area contributed by atoms with Gasteiger partial charge in [0.15, 0.2) is 0 Å². The van der Waals surface area contributed by atoms with Crippen molar-refractivity contribution in [1.82, 2.24) is 4.98 Å². The Labute approximate surface area is 130 Å². The van der Waals surface area contributed by atoms with Crippen molar-refractivity contribution in [3.05, 3.63) is 47.1 Å². The molecule has 0 atom stereocenters. The van der Waals surface area contributed by atoms with Crippen LogP contribution in [0.3, 0.4) is 0 Å². The van der Waals surface area contributed by atoms with E-state index >= 15 is 0 Å². The minimum atomic E-state index is 0.610. The molecule has 1 aromatic carbocycles. The number of benzene rings is 1. The van der Waals surface area contributed by atoms with Crippen molar-refractivity contribution in [3.8, 4) is 5.75 Å². The molecule has 1 heterocycles. The number of aromatic nitrogens is 1. The molecule has 2 aromatic rings. The number of methoxy groups -OCH3 is 1. The van der Waals surface area contributed by atoms with Gasteiger partial charge in [0, 0.05) is 13.6 Å². The van der Waals surface area contributed by atoms with Crippen molar-refractivity contribution < 1.29 is 4.74 Å². The number of nitrogens with zero attached hydrogens (tertiary/aromatic N) is 2. The van der Waals surface area contributed by atoms with Gasteiger partial charge in [-0.25, -0.2) is 4.98 Å².